The number of thiophene rings is 1. The molecule has 1 aliphatic heterocycles. The Morgan fingerprint density at radius 3 is 2.61 bits per heavy atom. The molecule has 0 radical (unpaired) electrons. The highest BCUT2D eigenvalue weighted by molar-refractivity contribution is 7.08. The number of likely N-dealkylation sites (tertiary alicyclic amines) is 1. The number of hydrogen-bond donors (Lipinski definition) is 1. The van der Waals surface area contributed by atoms with E-state index in [4.69, 9.17) is 0 Å². The Balaban J connectivity index is 1.17. The molecule has 1 atom stereocenters. The molecule has 0 bridgehead atoms. The Bertz CT molecular complexity index is 795. The molecule has 4 rings (SSSR count). The van der Waals surface area contributed by atoms with Crippen LogP contribution in [0.5, 0.6) is 0 Å². The minimum Gasteiger partial charge on any atom is -0.356 e. The maximum Gasteiger partial charge on any atom is 0.227 e. The number of carbonyl (C=O) groups excluding carboxylic acids is 2. The Hall–Kier alpha value is -2.14. The summed E-state index contributed by atoms with van der Waals surface area (Å²) in [7, 11) is 0. The second-order valence-electron chi connectivity index (χ2n) is 8.19. The molecular weight excluding hydrogens is 368 g/mol. The standard InChI is InChI=1S/C23H28N2O2S/c26-21(15-19-8-14-28-17-19)25-12-9-23(10-13-25)16-20(23)22(27)24-11-4-7-18-5-2-1-3-6-18/h1-3,5-6,8,14,17,20H,4,7,9-13,15-16H2,(H,24,27). The molecule has 2 heterocycles. The fraction of sp³-hybridized carbons (Fsp3) is 0.478. The molecule has 1 aromatic heterocycles. The van der Waals surface area contributed by atoms with Crippen molar-refractivity contribution in [1.29, 1.82) is 0 Å². The van der Waals surface area contributed by atoms with Gasteiger partial charge < -0.3 is 10.2 Å². The Labute approximate surface area is 170 Å². The molecule has 1 spiro atoms. The lowest BCUT2D eigenvalue weighted by Gasteiger charge is -2.33. The van der Waals surface area contributed by atoms with Crippen LogP contribution in [0.4, 0.5) is 0 Å². The van der Waals surface area contributed by atoms with E-state index in [1.807, 2.05) is 27.8 Å². The van der Waals surface area contributed by atoms with Crippen molar-refractivity contribution in [2.45, 2.75) is 38.5 Å². The van der Waals surface area contributed by atoms with E-state index in [9.17, 15) is 9.59 Å². The number of rotatable bonds is 7. The van der Waals surface area contributed by atoms with E-state index in [-0.39, 0.29) is 23.1 Å². The van der Waals surface area contributed by atoms with Crippen LogP contribution in [-0.4, -0.2) is 36.3 Å². The van der Waals surface area contributed by atoms with Crippen LogP contribution >= 0.6 is 11.3 Å². The van der Waals surface area contributed by atoms with Crippen LogP contribution in [0, 0.1) is 11.3 Å². The number of amides is 2. The van der Waals surface area contributed by atoms with Gasteiger partial charge in [-0.1, -0.05) is 30.3 Å². The lowest BCUT2D eigenvalue weighted by atomic mass is 9.90. The van der Waals surface area contributed by atoms with Crippen molar-refractivity contribution in [2.24, 2.45) is 11.3 Å². The smallest absolute Gasteiger partial charge is 0.227 e. The van der Waals surface area contributed by atoms with Crippen molar-refractivity contribution in [3.8, 4) is 0 Å². The minimum absolute atomic E-state index is 0.151. The van der Waals surface area contributed by atoms with E-state index >= 15 is 0 Å². The largest absolute Gasteiger partial charge is 0.356 e. The van der Waals surface area contributed by atoms with E-state index < -0.39 is 0 Å². The van der Waals surface area contributed by atoms with Crippen molar-refractivity contribution in [3.63, 3.8) is 0 Å². The van der Waals surface area contributed by atoms with Crippen molar-refractivity contribution in [2.75, 3.05) is 19.6 Å². The Kier molecular flexibility index (Phi) is 5.81. The number of carbonyl (C=O) groups is 2. The zero-order valence-corrected chi connectivity index (χ0v) is 17.0. The molecule has 1 N–H and O–H groups in total. The van der Waals surface area contributed by atoms with E-state index in [0.29, 0.717) is 6.42 Å². The van der Waals surface area contributed by atoms with Gasteiger partial charge in [-0.05, 0) is 65.5 Å². The van der Waals surface area contributed by atoms with E-state index in [1.54, 1.807) is 11.3 Å². The monoisotopic (exact) mass is 396 g/mol. The summed E-state index contributed by atoms with van der Waals surface area (Å²) in [6.45, 7) is 2.33. The molecule has 1 aromatic carbocycles. The topological polar surface area (TPSA) is 49.4 Å². The van der Waals surface area contributed by atoms with Gasteiger partial charge in [0.05, 0.1) is 6.42 Å². The van der Waals surface area contributed by atoms with Crippen LogP contribution < -0.4 is 5.32 Å². The molecule has 2 aromatic rings. The van der Waals surface area contributed by atoms with Gasteiger partial charge in [0.15, 0.2) is 0 Å². The van der Waals surface area contributed by atoms with Crippen molar-refractivity contribution in [3.05, 3.63) is 58.3 Å². The quantitative estimate of drug-likeness (QED) is 0.726. The first-order valence-corrected chi connectivity index (χ1v) is 11.2. The molecule has 4 nitrogen and oxygen atoms in total. The average molecular weight is 397 g/mol. The predicted octanol–water partition coefficient (Wildman–Crippen LogP) is 3.67. The zero-order valence-electron chi connectivity index (χ0n) is 16.2. The lowest BCUT2D eigenvalue weighted by Crippen LogP contribution is -2.41. The highest BCUT2D eigenvalue weighted by atomic mass is 32.1. The first-order valence-electron chi connectivity index (χ1n) is 10.3. The van der Waals surface area contributed by atoms with Crippen LogP contribution in [0.1, 0.15) is 36.8 Å². The second kappa shape index (κ2) is 8.48. The van der Waals surface area contributed by atoms with Gasteiger partial charge in [0, 0.05) is 25.6 Å². The van der Waals surface area contributed by atoms with Gasteiger partial charge in [0.2, 0.25) is 11.8 Å². The number of nitrogens with one attached hydrogen (secondary N) is 1. The summed E-state index contributed by atoms with van der Waals surface area (Å²) in [6, 6.07) is 12.4. The second-order valence-corrected chi connectivity index (χ2v) is 8.97. The number of nitrogens with zero attached hydrogens (tertiary/aromatic N) is 1. The molecule has 148 valence electrons. The number of aryl methyl sites for hydroxylation is 1. The van der Waals surface area contributed by atoms with E-state index in [1.165, 1.54) is 5.56 Å². The maximum atomic E-state index is 12.5. The summed E-state index contributed by atoms with van der Waals surface area (Å²) in [5.41, 5.74) is 2.58. The van der Waals surface area contributed by atoms with Crippen molar-refractivity contribution >= 4 is 23.2 Å². The normalized spacial score (nSPS) is 20.1. The summed E-state index contributed by atoms with van der Waals surface area (Å²) in [4.78, 5) is 27.0. The van der Waals surface area contributed by atoms with E-state index in [0.717, 1.165) is 57.3 Å². The first-order chi connectivity index (χ1) is 13.7. The van der Waals surface area contributed by atoms with Crippen LogP contribution in [-0.2, 0) is 22.4 Å². The van der Waals surface area contributed by atoms with Crippen molar-refractivity contribution in [1.82, 2.24) is 10.2 Å². The molecule has 5 heteroatoms. The Morgan fingerprint density at radius 2 is 1.89 bits per heavy atom. The average Bonchev–Trinajstić information content (AvgIpc) is 3.16. The highest BCUT2D eigenvalue weighted by Crippen LogP contribution is 2.59. The summed E-state index contributed by atoms with van der Waals surface area (Å²) in [5, 5.41) is 7.19. The summed E-state index contributed by atoms with van der Waals surface area (Å²) in [5.74, 6) is 0.584. The van der Waals surface area contributed by atoms with Crippen LogP contribution in [0.25, 0.3) is 0 Å². The molecule has 1 saturated carbocycles. The van der Waals surface area contributed by atoms with Gasteiger partial charge >= 0.3 is 0 Å². The number of piperidine rings is 1. The molecular formula is C23H28N2O2S. The molecule has 1 saturated heterocycles. The fourth-order valence-corrected chi connectivity index (χ4v) is 5.09. The van der Waals surface area contributed by atoms with Gasteiger partial charge in [-0.15, -0.1) is 0 Å². The molecule has 2 amide bonds. The van der Waals surface area contributed by atoms with Gasteiger partial charge in [-0.2, -0.15) is 11.3 Å². The zero-order chi connectivity index (χ0) is 19.4. The number of benzene rings is 1. The van der Waals surface area contributed by atoms with Crippen LogP contribution in [0.15, 0.2) is 47.2 Å². The highest BCUT2D eigenvalue weighted by Gasteiger charge is 2.58. The molecule has 2 fully saturated rings. The lowest BCUT2D eigenvalue weighted by molar-refractivity contribution is -0.132. The van der Waals surface area contributed by atoms with Gasteiger partial charge in [-0.3, -0.25) is 9.59 Å². The molecule has 28 heavy (non-hydrogen) atoms. The SMILES string of the molecule is O=C(NCCCc1ccccc1)C1CC12CCN(C(=O)Cc1ccsc1)CC2. The van der Waals surface area contributed by atoms with Gasteiger partial charge in [0.25, 0.3) is 0 Å². The molecule has 1 aliphatic carbocycles. The molecule has 2 aliphatic rings. The number of hydrogen-bond acceptors (Lipinski definition) is 3. The maximum absolute atomic E-state index is 12.5. The third-order valence-electron chi connectivity index (χ3n) is 6.34. The summed E-state index contributed by atoms with van der Waals surface area (Å²) < 4.78 is 0. The first kappa shape index (κ1) is 19.2. The van der Waals surface area contributed by atoms with Gasteiger partial charge in [-0.25, -0.2) is 0 Å². The molecule has 1 unspecified atom stereocenters. The predicted molar refractivity (Wildman–Crippen MR) is 112 cm³/mol. The Morgan fingerprint density at radius 1 is 1.11 bits per heavy atom. The van der Waals surface area contributed by atoms with Crippen LogP contribution in [0.2, 0.25) is 0 Å². The summed E-state index contributed by atoms with van der Waals surface area (Å²) in [6.07, 6.45) is 5.39. The van der Waals surface area contributed by atoms with Gasteiger partial charge in [0.1, 0.15) is 0 Å². The third-order valence-corrected chi connectivity index (χ3v) is 7.07. The van der Waals surface area contributed by atoms with E-state index in [2.05, 4.69) is 29.6 Å². The third kappa shape index (κ3) is 4.46. The van der Waals surface area contributed by atoms with Crippen LogP contribution in [0.3, 0.4) is 0 Å². The fourth-order valence-electron chi connectivity index (χ4n) is 4.42. The minimum atomic E-state index is 0.151. The summed E-state index contributed by atoms with van der Waals surface area (Å²) >= 11 is 1.63. The van der Waals surface area contributed by atoms with Crippen molar-refractivity contribution < 1.29 is 9.59 Å².